The van der Waals surface area contributed by atoms with Crippen molar-refractivity contribution >= 4 is 28.8 Å². The molecule has 0 aliphatic carbocycles. The molecule has 0 unspecified atom stereocenters. The zero-order valence-corrected chi connectivity index (χ0v) is 18.7. The Morgan fingerprint density at radius 2 is 1.82 bits per heavy atom. The number of rotatable bonds is 1. The molecular formula is C25H26N6O2. The zero-order chi connectivity index (χ0) is 22.9. The first kappa shape index (κ1) is 20.9. The summed E-state index contributed by atoms with van der Waals surface area (Å²) < 4.78 is 4.10. The van der Waals surface area contributed by atoms with E-state index in [-0.39, 0.29) is 17.9 Å². The number of hydrogen-bond acceptors (Lipinski definition) is 4. The Hall–Kier alpha value is -3.94. The van der Waals surface area contributed by atoms with Gasteiger partial charge in [0.05, 0.1) is 11.0 Å². The number of para-hydroxylation sites is 1. The highest BCUT2D eigenvalue weighted by molar-refractivity contribution is 6.06. The van der Waals surface area contributed by atoms with Crippen LogP contribution in [0.25, 0.3) is 22.4 Å². The molecule has 3 heterocycles. The summed E-state index contributed by atoms with van der Waals surface area (Å²) in [5.74, 6) is 0.874. The van der Waals surface area contributed by atoms with Gasteiger partial charge >= 0.3 is 0 Å². The minimum absolute atomic E-state index is 0.0803. The van der Waals surface area contributed by atoms with Gasteiger partial charge in [-0.05, 0) is 56.5 Å². The molecular weight excluding hydrogens is 416 g/mol. The van der Waals surface area contributed by atoms with Crippen molar-refractivity contribution in [3.05, 3.63) is 66.0 Å². The van der Waals surface area contributed by atoms with Gasteiger partial charge in [-0.2, -0.15) is 0 Å². The predicted octanol–water partition coefficient (Wildman–Crippen LogP) is 4.16. The van der Waals surface area contributed by atoms with E-state index in [0.717, 1.165) is 41.7 Å². The van der Waals surface area contributed by atoms with Crippen LogP contribution in [0.4, 0.5) is 5.95 Å². The Kier molecular flexibility index (Phi) is 5.42. The van der Waals surface area contributed by atoms with Crippen molar-refractivity contribution in [1.82, 2.24) is 24.4 Å². The van der Waals surface area contributed by atoms with Gasteiger partial charge in [-0.1, -0.05) is 12.1 Å². The van der Waals surface area contributed by atoms with Crippen LogP contribution < -0.4 is 10.6 Å². The van der Waals surface area contributed by atoms with Crippen LogP contribution in [-0.2, 0) is 7.05 Å². The topological polar surface area (TPSA) is 93.8 Å². The number of nitrogens with one attached hydrogen (secondary N) is 2. The van der Waals surface area contributed by atoms with E-state index in [1.165, 1.54) is 0 Å². The van der Waals surface area contributed by atoms with E-state index in [4.69, 9.17) is 4.98 Å². The number of hydrogen-bond donors (Lipinski definition) is 2. The molecule has 4 aromatic rings. The molecule has 5 rings (SSSR count). The Balaban J connectivity index is 1.66. The summed E-state index contributed by atoms with van der Waals surface area (Å²) in [4.78, 5) is 34.9. The minimum Gasteiger partial charge on any atom is -0.352 e. The summed E-state index contributed by atoms with van der Waals surface area (Å²) in [5, 5.41) is 5.95. The fourth-order valence-corrected chi connectivity index (χ4v) is 4.44. The molecule has 0 fully saturated rings. The van der Waals surface area contributed by atoms with E-state index in [1.54, 1.807) is 30.5 Å². The molecule has 168 valence electrons. The van der Waals surface area contributed by atoms with Crippen molar-refractivity contribution in [2.24, 2.45) is 7.05 Å². The lowest BCUT2D eigenvalue weighted by Crippen LogP contribution is -2.25. The lowest BCUT2D eigenvalue weighted by molar-refractivity contribution is 0.0953. The van der Waals surface area contributed by atoms with Crippen LogP contribution >= 0.6 is 0 Å². The summed E-state index contributed by atoms with van der Waals surface area (Å²) in [6, 6.07) is 12.8. The molecule has 2 amide bonds. The molecule has 2 N–H and O–H groups in total. The van der Waals surface area contributed by atoms with Crippen LogP contribution in [0.15, 0.2) is 54.9 Å². The van der Waals surface area contributed by atoms with Crippen molar-refractivity contribution in [1.29, 1.82) is 0 Å². The summed E-state index contributed by atoms with van der Waals surface area (Å²) in [6.45, 7) is 2.73. The summed E-state index contributed by atoms with van der Waals surface area (Å²) in [6.07, 6.45) is 6.38. The van der Waals surface area contributed by atoms with E-state index in [0.29, 0.717) is 23.6 Å². The zero-order valence-electron chi connectivity index (χ0n) is 18.7. The van der Waals surface area contributed by atoms with Crippen LogP contribution in [-0.4, -0.2) is 37.5 Å². The normalized spacial score (nSPS) is 17.2. The summed E-state index contributed by atoms with van der Waals surface area (Å²) in [5.41, 5.74) is 3.60. The van der Waals surface area contributed by atoms with E-state index >= 15 is 0 Å². The Morgan fingerprint density at radius 3 is 2.61 bits per heavy atom. The Bertz CT molecular complexity index is 1350. The second-order valence-corrected chi connectivity index (χ2v) is 8.48. The van der Waals surface area contributed by atoms with Gasteiger partial charge in [-0.15, -0.1) is 0 Å². The van der Waals surface area contributed by atoms with Crippen molar-refractivity contribution in [3.63, 3.8) is 0 Å². The molecule has 1 aliphatic rings. The first-order valence-corrected chi connectivity index (χ1v) is 11.2. The van der Waals surface area contributed by atoms with E-state index in [9.17, 15) is 9.59 Å². The first-order chi connectivity index (χ1) is 16.0. The highest BCUT2D eigenvalue weighted by Gasteiger charge is 2.23. The largest absolute Gasteiger partial charge is 0.352 e. The van der Waals surface area contributed by atoms with Gasteiger partial charge in [-0.25, -0.2) is 9.97 Å². The number of nitrogens with zero attached hydrogens (tertiary/aromatic N) is 4. The van der Waals surface area contributed by atoms with Gasteiger partial charge in [0.15, 0.2) is 0 Å². The van der Waals surface area contributed by atoms with Crippen LogP contribution in [0.3, 0.4) is 0 Å². The van der Waals surface area contributed by atoms with E-state index in [1.807, 2.05) is 36.0 Å². The van der Waals surface area contributed by atoms with Gasteiger partial charge in [0.2, 0.25) is 5.95 Å². The van der Waals surface area contributed by atoms with Crippen LogP contribution in [0.2, 0.25) is 0 Å². The average Bonchev–Trinajstić information content (AvgIpc) is 3.41. The van der Waals surface area contributed by atoms with Gasteiger partial charge in [-0.3, -0.25) is 14.9 Å². The average molecular weight is 443 g/mol. The molecule has 0 spiro atoms. The molecule has 0 radical (unpaired) electrons. The maximum absolute atomic E-state index is 13.2. The van der Waals surface area contributed by atoms with E-state index in [2.05, 4.69) is 27.1 Å². The number of carbonyl (C=O) groups is 2. The first-order valence-electron chi connectivity index (χ1n) is 11.2. The third-order valence-corrected chi connectivity index (χ3v) is 6.16. The number of benzene rings is 2. The Labute approximate surface area is 191 Å². The number of carbonyl (C=O) groups excluding carboxylic acids is 2. The van der Waals surface area contributed by atoms with Gasteiger partial charge in [0.25, 0.3) is 11.8 Å². The predicted molar refractivity (Wildman–Crippen MR) is 127 cm³/mol. The third-order valence-electron chi connectivity index (χ3n) is 6.16. The van der Waals surface area contributed by atoms with Crippen LogP contribution in [0.5, 0.6) is 0 Å². The maximum atomic E-state index is 13.2. The molecule has 2 aromatic carbocycles. The molecule has 2 bridgehead atoms. The van der Waals surface area contributed by atoms with Crippen molar-refractivity contribution in [2.75, 3.05) is 11.9 Å². The maximum Gasteiger partial charge on any atom is 0.257 e. The van der Waals surface area contributed by atoms with Crippen molar-refractivity contribution < 1.29 is 9.59 Å². The monoisotopic (exact) mass is 442 g/mol. The molecule has 1 aliphatic heterocycles. The fraction of sp³-hybridized carbons (Fsp3) is 0.280. The molecule has 0 saturated heterocycles. The highest BCUT2D eigenvalue weighted by atomic mass is 16.2. The molecule has 0 saturated carbocycles. The second kappa shape index (κ2) is 8.54. The quantitative estimate of drug-likeness (QED) is 0.463. The number of imidazole rings is 2. The lowest BCUT2D eigenvalue weighted by atomic mass is 10.1. The van der Waals surface area contributed by atoms with Crippen molar-refractivity contribution in [3.8, 4) is 11.4 Å². The number of fused-ring (bicyclic) bond motifs is 5. The third kappa shape index (κ3) is 3.88. The van der Waals surface area contributed by atoms with Crippen LogP contribution in [0, 0.1) is 0 Å². The molecule has 2 aromatic heterocycles. The fourth-order valence-electron chi connectivity index (χ4n) is 4.44. The number of aromatic nitrogens is 4. The van der Waals surface area contributed by atoms with E-state index < -0.39 is 0 Å². The van der Waals surface area contributed by atoms with Gasteiger partial charge in [0.1, 0.15) is 5.82 Å². The minimum atomic E-state index is -0.302. The standard InChI is InChI=1S/C25H26N6O2/c1-16-7-3-4-12-27-23(32)17-8-5-9-18(15-17)24(33)29-25-28-20-11-6-10-19(21(20)31(16)25)22-26-13-14-30(22)2/h5-6,8-11,13-16H,3-4,7,12H2,1-2H3,(H,27,32)(H,28,29,33)/t16-/m1/s1. The van der Waals surface area contributed by atoms with Gasteiger partial charge in [0, 0.05) is 48.7 Å². The molecule has 33 heavy (non-hydrogen) atoms. The number of aryl methyl sites for hydroxylation is 1. The summed E-state index contributed by atoms with van der Waals surface area (Å²) >= 11 is 0. The smallest absolute Gasteiger partial charge is 0.257 e. The van der Waals surface area contributed by atoms with Gasteiger partial charge < -0.3 is 14.5 Å². The Morgan fingerprint density at radius 1 is 1.03 bits per heavy atom. The highest BCUT2D eigenvalue weighted by Crippen LogP contribution is 2.34. The SMILES string of the molecule is C[C@@H]1CCCCNC(=O)c2cccc(c2)C(=O)Nc2nc3cccc(-c4nccn4C)c3n21. The molecule has 1 atom stereocenters. The molecule has 8 heteroatoms. The van der Waals surface area contributed by atoms with Crippen molar-refractivity contribution in [2.45, 2.75) is 32.2 Å². The molecule has 8 nitrogen and oxygen atoms in total. The number of anilines is 1. The second-order valence-electron chi connectivity index (χ2n) is 8.48. The van der Waals surface area contributed by atoms with Crippen LogP contribution in [0.1, 0.15) is 52.9 Å². The summed E-state index contributed by atoms with van der Waals surface area (Å²) in [7, 11) is 1.97. The lowest BCUT2D eigenvalue weighted by Gasteiger charge is -2.20. The number of amides is 2.